The lowest BCUT2D eigenvalue weighted by atomic mass is 10.0. The Morgan fingerprint density at radius 3 is 2.50 bits per heavy atom. The second-order valence-corrected chi connectivity index (χ2v) is 9.22. The van der Waals surface area contributed by atoms with E-state index in [0.29, 0.717) is 41.5 Å². The molecule has 2 aromatic carbocycles. The van der Waals surface area contributed by atoms with Gasteiger partial charge < -0.3 is 14.5 Å². The number of aromatic amines is 1. The van der Waals surface area contributed by atoms with Crippen molar-refractivity contribution in [2.24, 2.45) is 0 Å². The van der Waals surface area contributed by atoms with Crippen LogP contribution >= 0.6 is 0 Å². The summed E-state index contributed by atoms with van der Waals surface area (Å²) in [4.78, 5) is 18.9. The van der Waals surface area contributed by atoms with Gasteiger partial charge in [-0.15, -0.1) is 5.10 Å². The Morgan fingerprint density at radius 1 is 1.08 bits per heavy atom. The predicted molar refractivity (Wildman–Crippen MR) is 137 cm³/mol. The first-order valence-electron chi connectivity index (χ1n) is 12.5. The minimum absolute atomic E-state index is 0.174. The van der Waals surface area contributed by atoms with Gasteiger partial charge in [-0.1, -0.05) is 50.1 Å². The maximum atomic E-state index is 13.6. The summed E-state index contributed by atoms with van der Waals surface area (Å²) in [5.41, 5.74) is 2.27. The van der Waals surface area contributed by atoms with Crippen LogP contribution in [0.2, 0.25) is 0 Å². The number of H-pyrrole nitrogens is 1. The Bertz CT molecular complexity index is 1380. The highest BCUT2D eigenvalue weighted by molar-refractivity contribution is 5.83. The third kappa shape index (κ3) is 4.58. The third-order valence-corrected chi connectivity index (χ3v) is 7.10. The molecule has 188 valence electrons. The first-order valence-corrected chi connectivity index (χ1v) is 12.5. The van der Waals surface area contributed by atoms with Crippen molar-refractivity contribution in [2.45, 2.75) is 51.2 Å². The van der Waals surface area contributed by atoms with Crippen molar-refractivity contribution in [1.29, 1.82) is 0 Å². The molecule has 0 amide bonds. The second kappa shape index (κ2) is 10.5. The van der Waals surface area contributed by atoms with Crippen molar-refractivity contribution in [2.75, 3.05) is 20.8 Å². The molecule has 9 heteroatoms. The number of aromatic nitrogens is 5. The fraction of sp³-hybridized carbons (Fsp3) is 0.407. The van der Waals surface area contributed by atoms with Crippen LogP contribution in [0.1, 0.15) is 61.6 Å². The van der Waals surface area contributed by atoms with Crippen LogP contribution in [0, 0.1) is 0 Å². The van der Waals surface area contributed by atoms with E-state index in [1.165, 1.54) is 0 Å². The lowest BCUT2D eigenvalue weighted by molar-refractivity contribution is 0.210. The van der Waals surface area contributed by atoms with Crippen LogP contribution in [-0.2, 0) is 6.54 Å². The van der Waals surface area contributed by atoms with Gasteiger partial charge in [-0.05, 0) is 47.5 Å². The average Bonchev–Trinajstić information content (AvgIpc) is 3.61. The molecule has 0 aliphatic heterocycles. The highest BCUT2D eigenvalue weighted by Crippen LogP contribution is 2.36. The highest BCUT2D eigenvalue weighted by Gasteiger charge is 2.32. The molecular weight excluding hydrogens is 456 g/mol. The van der Waals surface area contributed by atoms with Gasteiger partial charge in [0, 0.05) is 23.6 Å². The van der Waals surface area contributed by atoms with Gasteiger partial charge in [0.15, 0.2) is 17.3 Å². The van der Waals surface area contributed by atoms with Crippen LogP contribution in [-0.4, -0.2) is 50.9 Å². The maximum absolute atomic E-state index is 13.6. The largest absolute Gasteiger partial charge is 0.493 e. The molecule has 0 saturated heterocycles. The van der Waals surface area contributed by atoms with Crippen molar-refractivity contribution in [3.05, 3.63) is 75.8 Å². The molecule has 4 aromatic rings. The summed E-state index contributed by atoms with van der Waals surface area (Å²) in [5, 5.41) is 13.8. The van der Waals surface area contributed by atoms with Gasteiger partial charge in [-0.25, -0.2) is 4.68 Å². The van der Waals surface area contributed by atoms with Crippen LogP contribution in [0.25, 0.3) is 10.9 Å². The highest BCUT2D eigenvalue weighted by atomic mass is 16.5. The summed E-state index contributed by atoms with van der Waals surface area (Å²) in [7, 11) is 3.19. The van der Waals surface area contributed by atoms with E-state index in [-0.39, 0.29) is 11.6 Å². The molecule has 1 aliphatic rings. The van der Waals surface area contributed by atoms with Gasteiger partial charge in [0.25, 0.3) is 5.56 Å². The van der Waals surface area contributed by atoms with Gasteiger partial charge in [0.05, 0.1) is 25.8 Å². The Morgan fingerprint density at radius 2 is 1.81 bits per heavy atom. The second-order valence-electron chi connectivity index (χ2n) is 9.22. The average molecular weight is 489 g/mol. The lowest BCUT2D eigenvalue weighted by Crippen LogP contribution is -2.35. The maximum Gasteiger partial charge on any atom is 0.253 e. The van der Waals surface area contributed by atoms with E-state index in [9.17, 15) is 4.79 Å². The predicted octanol–water partition coefficient (Wildman–Crippen LogP) is 4.26. The van der Waals surface area contributed by atoms with E-state index in [2.05, 4.69) is 44.5 Å². The molecule has 1 atom stereocenters. The molecule has 0 radical (unpaired) electrons. The zero-order valence-electron chi connectivity index (χ0n) is 21.0. The SMILES string of the molecule is CCN(Cc1ccccc1)[C@H](c1cc2cc(OC)c(OC)cc2[nH]c1=O)c1nnnn1C1CCCC1. The van der Waals surface area contributed by atoms with Crippen molar-refractivity contribution in [3.63, 3.8) is 0 Å². The Kier molecular flexibility index (Phi) is 6.99. The molecule has 9 nitrogen and oxygen atoms in total. The van der Waals surface area contributed by atoms with Crippen LogP contribution in [0.15, 0.2) is 53.3 Å². The van der Waals surface area contributed by atoms with Crippen molar-refractivity contribution in [1.82, 2.24) is 30.1 Å². The zero-order chi connectivity index (χ0) is 25.1. The number of hydrogen-bond acceptors (Lipinski definition) is 7. The first kappa shape index (κ1) is 24.0. The number of rotatable bonds is 9. The number of nitrogens with zero attached hydrogens (tertiary/aromatic N) is 5. The topological polar surface area (TPSA) is 98.2 Å². The zero-order valence-corrected chi connectivity index (χ0v) is 21.0. The van der Waals surface area contributed by atoms with Crippen molar-refractivity contribution >= 4 is 10.9 Å². The van der Waals surface area contributed by atoms with E-state index in [1.807, 2.05) is 35.0 Å². The molecule has 0 bridgehead atoms. The van der Waals surface area contributed by atoms with E-state index in [0.717, 1.165) is 36.6 Å². The summed E-state index contributed by atoms with van der Waals surface area (Å²) in [6.45, 7) is 3.46. The van der Waals surface area contributed by atoms with Gasteiger partial charge in [0.2, 0.25) is 0 Å². The standard InChI is InChI=1S/C27H32N6O3/c1-4-32(17-18-10-6-5-7-11-18)25(26-29-30-31-33(26)20-12-8-9-13-20)21-14-19-15-23(35-2)24(36-3)16-22(19)28-27(21)34/h5-7,10-11,14-16,20,25H,4,8-9,12-13,17H2,1-3H3,(H,28,34)/t25-/m1/s1. The fourth-order valence-corrected chi connectivity index (χ4v) is 5.25. The molecule has 1 saturated carbocycles. The van der Waals surface area contributed by atoms with E-state index in [1.54, 1.807) is 20.3 Å². The minimum Gasteiger partial charge on any atom is -0.493 e. The van der Waals surface area contributed by atoms with E-state index >= 15 is 0 Å². The van der Waals surface area contributed by atoms with Gasteiger partial charge in [0.1, 0.15) is 6.04 Å². The smallest absolute Gasteiger partial charge is 0.253 e. The monoisotopic (exact) mass is 488 g/mol. The Balaban J connectivity index is 1.67. The van der Waals surface area contributed by atoms with Crippen LogP contribution < -0.4 is 15.0 Å². The Hall–Kier alpha value is -3.72. The van der Waals surface area contributed by atoms with E-state index < -0.39 is 6.04 Å². The van der Waals surface area contributed by atoms with Gasteiger partial charge >= 0.3 is 0 Å². The summed E-state index contributed by atoms with van der Waals surface area (Å²) >= 11 is 0. The molecule has 1 aliphatic carbocycles. The number of hydrogen-bond donors (Lipinski definition) is 1. The summed E-state index contributed by atoms with van der Waals surface area (Å²) in [6, 6.07) is 15.7. The molecule has 2 aromatic heterocycles. The molecular formula is C27H32N6O3. The Labute approximate surface area is 210 Å². The van der Waals surface area contributed by atoms with Crippen molar-refractivity contribution < 1.29 is 9.47 Å². The molecule has 2 heterocycles. The number of tetrazole rings is 1. The van der Waals surface area contributed by atoms with Gasteiger partial charge in [-0.2, -0.15) is 0 Å². The molecule has 1 N–H and O–H groups in total. The molecule has 1 fully saturated rings. The van der Waals surface area contributed by atoms with Crippen LogP contribution in [0.3, 0.4) is 0 Å². The number of pyridine rings is 1. The molecule has 0 unspecified atom stereocenters. The first-order chi connectivity index (χ1) is 17.6. The van der Waals surface area contributed by atoms with Crippen LogP contribution in [0.4, 0.5) is 0 Å². The number of methoxy groups -OCH3 is 2. The summed E-state index contributed by atoms with van der Waals surface area (Å²) in [6.07, 6.45) is 4.41. The molecule has 36 heavy (non-hydrogen) atoms. The van der Waals surface area contributed by atoms with Crippen molar-refractivity contribution in [3.8, 4) is 11.5 Å². The molecule has 0 spiro atoms. The fourth-order valence-electron chi connectivity index (χ4n) is 5.25. The van der Waals surface area contributed by atoms with Crippen LogP contribution in [0.5, 0.6) is 11.5 Å². The summed E-state index contributed by atoms with van der Waals surface area (Å²) in [5.74, 6) is 1.87. The third-order valence-electron chi connectivity index (χ3n) is 7.10. The molecule has 5 rings (SSSR count). The number of nitrogens with one attached hydrogen (secondary N) is 1. The number of benzene rings is 2. The van der Waals surface area contributed by atoms with Gasteiger partial charge in [-0.3, -0.25) is 9.69 Å². The number of ether oxygens (including phenoxy) is 2. The minimum atomic E-state index is -0.424. The summed E-state index contributed by atoms with van der Waals surface area (Å²) < 4.78 is 12.9. The quantitative estimate of drug-likeness (QED) is 0.376. The number of fused-ring (bicyclic) bond motifs is 1. The normalized spacial score (nSPS) is 15.0. The lowest BCUT2D eigenvalue weighted by Gasteiger charge is -2.30. The van der Waals surface area contributed by atoms with E-state index in [4.69, 9.17) is 9.47 Å².